The molecule has 0 bridgehead atoms. The molecule has 42 heavy (non-hydrogen) atoms. The molecule has 0 spiro atoms. The molecular formula is C39H33ClN2. The Morgan fingerprint density at radius 3 is 2.36 bits per heavy atom. The lowest BCUT2D eigenvalue weighted by Crippen LogP contribution is -2.19. The lowest BCUT2D eigenvalue weighted by atomic mass is 9.82. The summed E-state index contributed by atoms with van der Waals surface area (Å²) < 4.78 is 2.39. The molecule has 2 nitrogen and oxygen atoms in total. The number of nitrogens with zero attached hydrogens (tertiary/aromatic N) is 2. The SMILES string of the molecule is CC1(C)c2ccccc2-c2ccc(N(C3=CCCC=C3)c3cc(Cl)c4c5c(n(-c6ccccc6)c4c3)C=CCC5)cc21. The Kier molecular flexibility index (Phi) is 5.84. The van der Waals surface area contributed by atoms with Gasteiger partial charge in [0.25, 0.3) is 0 Å². The minimum atomic E-state index is -0.0700. The molecule has 4 aromatic carbocycles. The van der Waals surface area contributed by atoms with Crippen LogP contribution in [0.1, 0.15) is 55.5 Å². The van der Waals surface area contributed by atoms with Gasteiger partial charge in [-0.25, -0.2) is 0 Å². The molecule has 3 aliphatic carbocycles. The fourth-order valence-electron chi connectivity index (χ4n) is 7.33. The second kappa shape index (κ2) is 9.64. The lowest BCUT2D eigenvalue weighted by molar-refractivity contribution is 0.660. The highest BCUT2D eigenvalue weighted by Gasteiger charge is 2.36. The second-order valence-electron chi connectivity index (χ2n) is 12.1. The first-order chi connectivity index (χ1) is 20.5. The van der Waals surface area contributed by atoms with Crippen molar-refractivity contribution in [2.45, 2.75) is 44.9 Å². The van der Waals surface area contributed by atoms with Gasteiger partial charge < -0.3 is 9.47 Å². The van der Waals surface area contributed by atoms with E-state index in [-0.39, 0.29) is 5.41 Å². The van der Waals surface area contributed by atoms with Crippen molar-refractivity contribution in [2.75, 3.05) is 4.90 Å². The predicted molar refractivity (Wildman–Crippen MR) is 178 cm³/mol. The third kappa shape index (κ3) is 3.78. The van der Waals surface area contributed by atoms with E-state index in [4.69, 9.17) is 11.6 Å². The van der Waals surface area contributed by atoms with Crippen LogP contribution in [-0.4, -0.2) is 4.57 Å². The van der Waals surface area contributed by atoms with Gasteiger partial charge in [0.1, 0.15) is 0 Å². The van der Waals surface area contributed by atoms with Gasteiger partial charge in [-0.05, 0) is 102 Å². The highest BCUT2D eigenvalue weighted by atomic mass is 35.5. The van der Waals surface area contributed by atoms with Gasteiger partial charge in [0, 0.05) is 39.3 Å². The van der Waals surface area contributed by atoms with E-state index in [1.807, 2.05) is 0 Å². The van der Waals surface area contributed by atoms with Crippen LogP contribution in [0.2, 0.25) is 5.02 Å². The summed E-state index contributed by atoms with van der Waals surface area (Å²) in [5.74, 6) is 0. The molecular weight excluding hydrogens is 532 g/mol. The number of aryl methyl sites for hydroxylation is 1. The summed E-state index contributed by atoms with van der Waals surface area (Å²) in [5, 5.41) is 1.98. The molecule has 0 atom stereocenters. The zero-order valence-electron chi connectivity index (χ0n) is 24.1. The monoisotopic (exact) mass is 564 g/mol. The number of benzene rings is 4. The number of hydrogen-bond acceptors (Lipinski definition) is 1. The summed E-state index contributed by atoms with van der Waals surface area (Å²) in [7, 11) is 0. The first-order valence-electron chi connectivity index (χ1n) is 15.0. The third-order valence-corrected chi connectivity index (χ3v) is 9.61. The van der Waals surface area contributed by atoms with Crippen LogP contribution >= 0.6 is 11.6 Å². The van der Waals surface area contributed by atoms with Crippen molar-refractivity contribution in [1.82, 2.24) is 4.57 Å². The summed E-state index contributed by atoms with van der Waals surface area (Å²) in [5.41, 5.74) is 13.7. The van der Waals surface area contributed by atoms with Crippen molar-refractivity contribution in [3.63, 3.8) is 0 Å². The number of halogens is 1. The highest BCUT2D eigenvalue weighted by molar-refractivity contribution is 6.36. The number of fused-ring (bicyclic) bond motifs is 6. The molecule has 0 N–H and O–H groups in total. The van der Waals surface area contributed by atoms with E-state index in [2.05, 4.69) is 139 Å². The molecule has 0 unspecified atom stereocenters. The second-order valence-corrected chi connectivity index (χ2v) is 12.5. The Hall–Kier alpha value is -4.27. The largest absolute Gasteiger partial charge is 0.311 e. The summed E-state index contributed by atoms with van der Waals surface area (Å²) in [4.78, 5) is 2.40. The maximum absolute atomic E-state index is 7.27. The van der Waals surface area contributed by atoms with E-state index < -0.39 is 0 Å². The van der Waals surface area contributed by atoms with Crippen LogP contribution < -0.4 is 4.90 Å². The van der Waals surface area contributed by atoms with E-state index in [0.717, 1.165) is 53.3 Å². The van der Waals surface area contributed by atoms with Crippen LogP contribution in [0.25, 0.3) is 33.8 Å². The van der Waals surface area contributed by atoms with E-state index in [9.17, 15) is 0 Å². The highest BCUT2D eigenvalue weighted by Crippen LogP contribution is 2.51. The van der Waals surface area contributed by atoms with Crippen molar-refractivity contribution >= 4 is 40.0 Å². The third-order valence-electron chi connectivity index (χ3n) is 9.32. The van der Waals surface area contributed by atoms with Crippen LogP contribution in [0, 0.1) is 0 Å². The maximum Gasteiger partial charge on any atom is 0.0573 e. The molecule has 0 amide bonds. The van der Waals surface area contributed by atoms with Gasteiger partial charge in [-0.2, -0.15) is 0 Å². The molecule has 1 heterocycles. The summed E-state index contributed by atoms with van der Waals surface area (Å²) in [6.07, 6.45) is 15.6. The Morgan fingerprint density at radius 1 is 0.738 bits per heavy atom. The molecule has 0 fully saturated rings. The summed E-state index contributed by atoms with van der Waals surface area (Å²) in [6, 6.07) is 31.0. The van der Waals surface area contributed by atoms with Crippen LogP contribution in [0.15, 0.2) is 115 Å². The minimum Gasteiger partial charge on any atom is -0.311 e. The maximum atomic E-state index is 7.27. The van der Waals surface area contributed by atoms with Gasteiger partial charge >= 0.3 is 0 Å². The molecule has 0 saturated heterocycles. The average molecular weight is 565 g/mol. The number of hydrogen-bond donors (Lipinski definition) is 0. The van der Waals surface area contributed by atoms with Crippen molar-refractivity contribution in [3.8, 4) is 16.8 Å². The number of para-hydroxylation sites is 1. The molecule has 206 valence electrons. The van der Waals surface area contributed by atoms with Gasteiger partial charge in [0.15, 0.2) is 0 Å². The van der Waals surface area contributed by atoms with Crippen molar-refractivity contribution < 1.29 is 0 Å². The molecule has 0 aliphatic heterocycles. The standard InChI is InChI=1S/C39H33ClN2/c1-39(2)33-19-11-9-17-30(33)31-22-21-28(23-34(31)39)41(26-13-5-3-6-14-26)29-24-35(40)38-32-18-10-12-20-36(32)42(37(38)25-29)27-15-7-4-8-16-27/h4-5,7-9,11-17,19-25H,3,6,10,18H2,1-2H3. The molecule has 0 radical (unpaired) electrons. The van der Waals surface area contributed by atoms with Gasteiger partial charge in [0.05, 0.1) is 10.5 Å². The van der Waals surface area contributed by atoms with E-state index in [0.29, 0.717) is 0 Å². The zero-order chi connectivity index (χ0) is 28.4. The van der Waals surface area contributed by atoms with Crippen molar-refractivity contribution in [1.29, 1.82) is 0 Å². The van der Waals surface area contributed by atoms with Gasteiger partial charge in [0.2, 0.25) is 0 Å². The molecule has 3 aliphatic rings. The number of aromatic nitrogens is 1. The number of rotatable bonds is 4. The fraction of sp³-hybridized carbons (Fsp3) is 0.179. The first kappa shape index (κ1) is 25.4. The topological polar surface area (TPSA) is 8.17 Å². The minimum absolute atomic E-state index is 0.0700. The van der Waals surface area contributed by atoms with Gasteiger partial charge in [-0.3, -0.25) is 0 Å². The van der Waals surface area contributed by atoms with E-state index in [1.54, 1.807) is 0 Å². The van der Waals surface area contributed by atoms with Crippen molar-refractivity contribution in [2.24, 2.45) is 0 Å². The number of allylic oxidation sites excluding steroid dienone is 4. The Bertz CT molecular complexity index is 1970. The van der Waals surface area contributed by atoms with Crippen LogP contribution in [0.4, 0.5) is 11.4 Å². The molecule has 5 aromatic rings. The van der Waals surface area contributed by atoms with Crippen LogP contribution in [0.5, 0.6) is 0 Å². The predicted octanol–water partition coefficient (Wildman–Crippen LogP) is 10.9. The summed E-state index contributed by atoms with van der Waals surface area (Å²) in [6.45, 7) is 4.69. The Balaban J connectivity index is 1.36. The number of anilines is 2. The Morgan fingerprint density at radius 2 is 1.52 bits per heavy atom. The Labute approximate surface area is 252 Å². The fourth-order valence-corrected chi connectivity index (χ4v) is 7.65. The molecule has 0 saturated carbocycles. The molecule has 3 heteroatoms. The quantitative estimate of drug-likeness (QED) is 0.211. The smallest absolute Gasteiger partial charge is 0.0573 e. The molecule has 8 rings (SSSR count). The van der Waals surface area contributed by atoms with E-state index in [1.165, 1.54) is 44.6 Å². The van der Waals surface area contributed by atoms with Crippen molar-refractivity contribution in [3.05, 3.63) is 142 Å². The lowest BCUT2D eigenvalue weighted by Gasteiger charge is -2.30. The van der Waals surface area contributed by atoms with Crippen LogP contribution in [-0.2, 0) is 11.8 Å². The van der Waals surface area contributed by atoms with Gasteiger partial charge in [-0.1, -0.05) is 92.2 Å². The normalized spacial score (nSPS) is 16.2. The van der Waals surface area contributed by atoms with Gasteiger partial charge in [-0.15, -0.1) is 0 Å². The molecule has 1 aromatic heterocycles. The first-order valence-corrected chi connectivity index (χ1v) is 15.4. The summed E-state index contributed by atoms with van der Waals surface area (Å²) >= 11 is 7.27. The van der Waals surface area contributed by atoms with E-state index >= 15 is 0 Å². The average Bonchev–Trinajstić information content (AvgIpc) is 3.48. The zero-order valence-corrected chi connectivity index (χ0v) is 24.8. The van der Waals surface area contributed by atoms with Crippen LogP contribution in [0.3, 0.4) is 0 Å².